The lowest BCUT2D eigenvalue weighted by Gasteiger charge is -2.03. The van der Waals surface area contributed by atoms with Crippen molar-refractivity contribution < 1.29 is 13.6 Å². The molecule has 7 heteroatoms. The second-order valence-electron chi connectivity index (χ2n) is 3.38. The van der Waals surface area contributed by atoms with Crippen LogP contribution in [-0.2, 0) is 0 Å². The van der Waals surface area contributed by atoms with E-state index in [9.17, 15) is 13.6 Å². The fourth-order valence-corrected chi connectivity index (χ4v) is 1.34. The topological polar surface area (TPSA) is 81.6 Å². The van der Waals surface area contributed by atoms with Crippen molar-refractivity contribution in [1.29, 1.82) is 5.26 Å². The Labute approximate surface area is 100 Å². The Bertz CT molecular complexity index is 624. The first-order chi connectivity index (χ1) is 8.60. The van der Waals surface area contributed by atoms with Crippen molar-refractivity contribution in [3.63, 3.8) is 0 Å². The number of H-pyrrole nitrogens is 1. The number of nitrogens with zero attached hydrogens (tertiary/aromatic N) is 2. The molecule has 0 bridgehead atoms. The Balaban J connectivity index is 2.25. The first-order valence-electron chi connectivity index (χ1n) is 4.81. The molecule has 90 valence electrons. The van der Waals surface area contributed by atoms with E-state index in [-0.39, 0.29) is 16.9 Å². The molecular weight excluding hydrogens is 242 g/mol. The first-order valence-corrected chi connectivity index (χ1v) is 4.81. The maximum absolute atomic E-state index is 12.9. The van der Waals surface area contributed by atoms with Crippen LogP contribution >= 0.6 is 0 Å². The van der Waals surface area contributed by atoms with Crippen LogP contribution in [0, 0.1) is 23.0 Å². The minimum atomic E-state index is -0.856. The molecule has 0 aliphatic heterocycles. The smallest absolute Gasteiger partial charge is 0.257 e. The van der Waals surface area contributed by atoms with Crippen LogP contribution < -0.4 is 5.32 Å². The summed E-state index contributed by atoms with van der Waals surface area (Å²) in [5, 5.41) is 17.0. The van der Waals surface area contributed by atoms with Crippen LogP contribution in [0.25, 0.3) is 0 Å². The van der Waals surface area contributed by atoms with Crippen molar-refractivity contribution in [3.8, 4) is 6.07 Å². The number of rotatable bonds is 2. The molecule has 0 unspecified atom stereocenters. The Morgan fingerprint density at radius 3 is 2.61 bits per heavy atom. The molecule has 0 fully saturated rings. The van der Waals surface area contributed by atoms with Gasteiger partial charge in [0.05, 0.1) is 6.20 Å². The lowest BCUT2D eigenvalue weighted by Crippen LogP contribution is -2.13. The van der Waals surface area contributed by atoms with Gasteiger partial charge in [0.15, 0.2) is 0 Å². The highest BCUT2D eigenvalue weighted by molar-refractivity contribution is 6.04. The zero-order valence-electron chi connectivity index (χ0n) is 8.87. The van der Waals surface area contributed by atoms with Gasteiger partial charge in [0.1, 0.15) is 29.1 Å². The highest BCUT2D eigenvalue weighted by Gasteiger charge is 2.12. The SMILES string of the molecule is N#Cc1cn[nH]c1NC(=O)c1cc(F)cc(F)c1. The lowest BCUT2D eigenvalue weighted by atomic mass is 10.2. The van der Waals surface area contributed by atoms with Crippen molar-refractivity contribution in [1.82, 2.24) is 10.2 Å². The third kappa shape index (κ3) is 2.32. The average Bonchev–Trinajstić information content (AvgIpc) is 2.75. The van der Waals surface area contributed by atoms with Gasteiger partial charge in [0.25, 0.3) is 5.91 Å². The van der Waals surface area contributed by atoms with Gasteiger partial charge in [-0.1, -0.05) is 0 Å². The lowest BCUT2D eigenvalue weighted by molar-refractivity contribution is 0.102. The number of nitrogens with one attached hydrogen (secondary N) is 2. The standard InChI is InChI=1S/C11H6F2N4O/c12-8-1-6(2-9(13)3-8)11(18)16-10-7(4-14)5-15-17-10/h1-3,5H,(H2,15,16,17,18). The van der Waals surface area contributed by atoms with Gasteiger partial charge in [-0.2, -0.15) is 10.4 Å². The van der Waals surface area contributed by atoms with E-state index in [2.05, 4.69) is 15.5 Å². The Morgan fingerprint density at radius 1 is 1.33 bits per heavy atom. The van der Waals surface area contributed by atoms with Gasteiger partial charge in [-0.25, -0.2) is 8.78 Å². The maximum atomic E-state index is 12.9. The molecule has 0 aliphatic rings. The molecule has 0 aliphatic carbocycles. The molecule has 1 aromatic carbocycles. The third-order valence-electron chi connectivity index (χ3n) is 2.12. The van der Waals surface area contributed by atoms with Crippen molar-refractivity contribution in [2.45, 2.75) is 0 Å². The molecule has 0 saturated carbocycles. The number of aromatic nitrogens is 2. The van der Waals surface area contributed by atoms with E-state index >= 15 is 0 Å². The quantitative estimate of drug-likeness (QED) is 0.850. The van der Waals surface area contributed by atoms with Gasteiger partial charge in [-0.3, -0.25) is 9.89 Å². The van der Waals surface area contributed by atoms with Gasteiger partial charge in [0, 0.05) is 11.6 Å². The van der Waals surface area contributed by atoms with Gasteiger partial charge in [-0.05, 0) is 12.1 Å². The highest BCUT2D eigenvalue weighted by Crippen LogP contribution is 2.13. The molecule has 2 N–H and O–H groups in total. The van der Waals surface area contributed by atoms with E-state index in [4.69, 9.17) is 5.26 Å². The molecule has 0 saturated heterocycles. The molecule has 0 spiro atoms. The second kappa shape index (κ2) is 4.63. The number of carbonyl (C=O) groups excluding carboxylic acids is 1. The largest absolute Gasteiger partial charge is 0.306 e. The summed E-state index contributed by atoms with van der Waals surface area (Å²) in [6, 6.07) is 4.24. The first kappa shape index (κ1) is 11.7. The monoisotopic (exact) mass is 248 g/mol. The van der Waals surface area contributed by atoms with Crippen LogP contribution in [0.3, 0.4) is 0 Å². The zero-order valence-corrected chi connectivity index (χ0v) is 8.87. The number of aromatic amines is 1. The summed E-state index contributed by atoms with van der Waals surface area (Å²) < 4.78 is 25.8. The second-order valence-corrected chi connectivity index (χ2v) is 3.38. The van der Waals surface area contributed by atoms with Crippen molar-refractivity contribution in [2.24, 2.45) is 0 Å². The summed E-state index contributed by atoms with van der Waals surface area (Å²) in [5.41, 5.74) is -0.0637. The number of nitriles is 1. The molecule has 1 heterocycles. The van der Waals surface area contributed by atoms with E-state index in [1.165, 1.54) is 6.20 Å². The normalized spacial score (nSPS) is 9.83. The number of anilines is 1. The number of amides is 1. The number of carbonyl (C=O) groups is 1. The summed E-state index contributed by atoms with van der Waals surface area (Å²) in [4.78, 5) is 11.7. The van der Waals surface area contributed by atoms with E-state index in [1.54, 1.807) is 6.07 Å². The number of halogens is 2. The summed E-state index contributed by atoms with van der Waals surface area (Å²) in [6.07, 6.45) is 1.22. The molecule has 2 aromatic rings. The minimum absolute atomic E-state index is 0.0761. The van der Waals surface area contributed by atoms with Crippen LogP contribution in [0.5, 0.6) is 0 Å². The summed E-state index contributed by atoms with van der Waals surface area (Å²) >= 11 is 0. The van der Waals surface area contributed by atoms with E-state index in [0.29, 0.717) is 6.07 Å². The maximum Gasteiger partial charge on any atom is 0.257 e. The third-order valence-corrected chi connectivity index (χ3v) is 2.12. The van der Waals surface area contributed by atoms with Crippen LogP contribution in [0.4, 0.5) is 14.6 Å². The molecule has 2 rings (SSSR count). The van der Waals surface area contributed by atoms with Crippen LogP contribution in [-0.4, -0.2) is 16.1 Å². The van der Waals surface area contributed by atoms with Crippen molar-refractivity contribution in [2.75, 3.05) is 5.32 Å². The molecular formula is C11H6F2N4O. The van der Waals surface area contributed by atoms with E-state index in [1.807, 2.05) is 0 Å². The van der Waals surface area contributed by atoms with Gasteiger partial charge in [-0.15, -0.1) is 0 Å². The average molecular weight is 248 g/mol. The fraction of sp³-hybridized carbons (Fsp3) is 0. The Kier molecular flexibility index (Phi) is 3.02. The van der Waals surface area contributed by atoms with Crippen molar-refractivity contribution in [3.05, 3.63) is 47.2 Å². The number of hydrogen-bond donors (Lipinski definition) is 2. The molecule has 0 atom stereocenters. The van der Waals surface area contributed by atoms with Crippen molar-refractivity contribution >= 4 is 11.7 Å². The number of benzene rings is 1. The van der Waals surface area contributed by atoms with Gasteiger partial charge in [0.2, 0.25) is 0 Å². The highest BCUT2D eigenvalue weighted by atomic mass is 19.1. The Hall–Kier alpha value is -2.75. The van der Waals surface area contributed by atoms with Crippen LogP contribution in [0.2, 0.25) is 0 Å². The summed E-state index contributed by atoms with van der Waals surface area (Å²) in [7, 11) is 0. The van der Waals surface area contributed by atoms with Gasteiger partial charge < -0.3 is 5.32 Å². The van der Waals surface area contributed by atoms with Crippen LogP contribution in [0.1, 0.15) is 15.9 Å². The molecule has 1 aromatic heterocycles. The molecule has 1 amide bonds. The molecule has 18 heavy (non-hydrogen) atoms. The predicted octanol–water partition coefficient (Wildman–Crippen LogP) is 1.81. The minimum Gasteiger partial charge on any atom is -0.306 e. The van der Waals surface area contributed by atoms with Gasteiger partial charge >= 0.3 is 0 Å². The zero-order chi connectivity index (χ0) is 13.1. The van der Waals surface area contributed by atoms with E-state index < -0.39 is 17.5 Å². The summed E-state index contributed by atoms with van der Waals surface area (Å²) in [6.45, 7) is 0. The number of hydrogen-bond acceptors (Lipinski definition) is 3. The Morgan fingerprint density at radius 2 is 2.00 bits per heavy atom. The molecule has 0 radical (unpaired) electrons. The predicted molar refractivity (Wildman–Crippen MR) is 57.6 cm³/mol. The fourth-order valence-electron chi connectivity index (χ4n) is 1.34. The molecule has 5 nitrogen and oxygen atoms in total. The van der Waals surface area contributed by atoms with E-state index in [0.717, 1.165) is 12.1 Å². The van der Waals surface area contributed by atoms with Crippen LogP contribution in [0.15, 0.2) is 24.4 Å². The summed E-state index contributed by atoms with van der Waals surface area (Å²) in [5.74, 6) is -2.38.